The summed E-state index contributed by atoms with van der Waals surface area (Å²) in [6, 6.07) is 6.11. The standard InChI is InChI=1S/C20H28N6OS.HI/c1-14-7-10-28-17(14)12-25-20(22-2)24-11-15-5-3-8-23-19(15)26-9-4-6-16(13-26)18(21)27;/h3,5,7-8,10,16H,4,6,9,11-13H2,1-2H3,(H2,21,27)(H2,22,24,25);1H. The van der Waals surface area contributed by atoms with Gasteiger partial charge in [-0.3, -0.25) is 9.79 Å². The van der Waals surface area contributed by atoms with Crippen molar-refractivity contribution in [1.29, 1.82) is 0 Å². The molecule has 0 bridgehead atoms. The number of thiophene rings is 1. The number of piperidine rings is 1. The second-order valence-corrected chi connectivity index (χ2v) is 7.98. The van der Waals surface area contributed by atoms with E-state index in [0.29, 0.717) is 13.1 Å². The van der Waals surface area contributed by atoms with Crippen molar-refractivity contribution in [2.45, 2.75) is 32.9 Å². The number of nitrogens with one attached hydrogen (secondary N) is 2. The SMILES string of the molecule is CN=C(NCc1cccnc1N1CCCC(C(N)=O)C1)NCc1sccc1C.I. The van der Waals surface area contributed by atoms with E-state index >= 15 is 0 Å². The lowest BCUT2D eigenvalue weighted by molar-refractivity contribution is -0.122. The van der Waals surface area contributed by atoms with E-state index in [2.05, 4.69) is 49.9 Å². The fourth-order valence-electron chi connectivity index (χ4n) is 3.40. The quantitative estimate of drug-likeness (QED) is 0.305. The fourth-order valence-corrected chi connectivity index (χ4v) is 4.25. The van der Waals surface area contributed by atoms with Gasteiger partial charge in [-0.2, -0.15) is 0 Å². The number of carbonyl (C=O) groups excluding carboxylic acids is 1. The third-order valence-corrected chi connectivity index (χ3v) is 6.07. The van der Waals surface area contributed by atoms with Gasteiger partial charge in [0.25, 0.3) is 0 Å². The first kappa shape index (κ1) is 23.4. The molecule has 4 N–H and O–H groups in total. The van der Waals surface area contributed by atoms with Crippen LogP contribution in [0.1, 0.15) is 28.8 Å². The van der Waals surface area contributed by atoms with Crippen LogP contribution in [0.15, 0.2) is 34.8 Å². The maximum absolute atomic E-state index is 11.6. The van der Waals surface area contributed by atoms with Crippen molar-refractivity contribution in [2.75, 3.05) is 25.0 Å². The molecule has 7 nitrogen and oxygen atoms in total. The molecule has 1 saturated heterocycles. The van der Waals surface area contributed by atoms with E-state index in [4.69, 9.17) is 5.73 Å². The van der Waals surface area contributed by atoms with E-state index in [1.165, 1.54) is 10.4 Å². The third-order valence-electron chi connectivity index (χ3n) is 5.05. The molecule has 0 radical (unpaired) electrons. The number of rotatable bonds is 6. The minimum absolute atomic E-state index is 0. The zero-order valence-corrected chi connectivity index (χ0v) is 20.0. The average molecular weight is 528 g/mol. The van der Waals surface area contributed by atoms with Gasteiger partial charge in [0.2, 0.25) is 5.91 Å². The molecule has 0 aliphatic carbocycles. The molecule has 29 heavy (non-hydrogen) atoms. The number of aliphatic imine (C=N–C) groups is 1. The molecule has 9 heteroatoms. The number of aryl methyl sites for hydroxylation is 1. The average Bonchev–Trinajstić information content (AvgIpc) is 3.13. The van der Waals surface area contributed by atoms with Crippen LogP contribution in [0.4, 0.5) is 5.82 Å². The van der Waals surface area contributed by atoms with Crippen molar-refractivity contribution < 1.29 is 4.79 Å². The number of halogens is 1. The minimum Gasteiger partial charge on any atom is -0.369 e. The Kier molecular flexibility index (Phi) is 9.15. The van der Waals surface area contributed by atoms with Crippen LogP contribution >= 0.6 is 35.3 Å². The van der Waals surface area contributed by atoms with Crippen molar-refractivity contribution >= 4 is 53.0 Å². The highest BCUT2D eigenvalue weighted by atomic mass is 127. The van der Waals surface area contributed by atoms with Crippen LogP contribution < -0.4 is 21.3 Å². The Morgan fingerprint density at radius 2 is 2.17 bits per heavy atom. The molecule has 1 unspecified atom stereocenters. The molecule has 3 rings (SSSR count). The van der Waals surface area contributed by atoms with Gasteiger partial charge in [-0.15, -0.1) is 35.3 Å². The van der Waals surface area contributed by atoms with E-state index in [1.54, 1.807) is 24.6 Å². The van der Waals surface area contributed by atoms with Crippen LogP contribution in [0, 0.1) is 12.8 Å². The fraction of sp³-hybridized carbons (Fsp3) is 0.450. The highest BCUT2D eigenvalue weighted by Gasteiger charge is 2.25. The Balaban J connectivity index is 0.00000300. The number of nitrogens with zero attached hydrogens (tertiary/aromatic N) is 3. The van der Waals surface area contributed by atoms with E-state index < -0.39 is 0 Å². The Morgan fingerprint density at radius 1 is 1.38 bits per heavy atom. The van der Waals surface area contributed by atoms with E-state index in [-0.39, 0.29) is 35.8 Å². The number of hydrogen-bond donors (Lipinski definition) is 3. The molecule has 2 aromatic heterocycles. The number of anilines is 1. The summed E-state index contributed by atoms with van der Waals surface area (Å²) >= 11 is 1.74. The van der Waals surface area contributed by atoms with Crippen LogP contribution in [0.3, 0.4) is 0 Å². The van der Waals surface area contributed by atoms with Crippen LogP contribution in [0.5, 0.6) is 0 Å². The van der Waals surface area contributed by atoms with Crippen molar-refractivity contribution in [3.05, 3.63) is 45.8 Å². The Bertz CT molecular complexity index is 840. The summed E-state index contributed by atoms with van der Waals surface area (Å²) in [7, 11) is 1.77. The highest BCUT2D eigenvalue weighted by molar-refractivity contribution is 14.0. The first-order valence-electron chi connectivity index (χ1n) is 9.54. The van der Waals surface area contributed by atoms with Gasteiger partial charge in [-0.05, 0) is 42.8 Å². The third kappa shape index (κ3) is 6.30. The van der Waals surface area contributed by atoms with Crippen LogP contribution in [-0.4, -0.2) is 37.0 Å². The number of primary amides is 1. The second-order valence-electron chi connectivity index (χ2n) is 6.98. The zero-order chi connectivity index (χ0) is 19.9. The summed E-state index contributed by atoms with van der Waals surface area (Å²) in [6.07, 6.45) is 3.59. The van der Waals surface area contributed by atoms with E-state index in [1.807, 2.05) is 6.07 Å². The molecule has 1 fully saturated rings. The largest absolute Gasteiger partial charge is 0.369 e. The van der Waals surface area contributed by atoms with Gasteiger partial charge in [0.15, 0.2) is 5.96 Å². The number of carbonyl (C=O) groups is 1. The molecule has 2 aromatic rings. The van der Waals surface area contributed by atoms with Crippen molar-refractivity contribution in [3.63, 3.8) is 0 Å². The number of hydrogen-bond acceptors (Lipinski definition) is 5. The predicted molar refractivity (Wildman–Crippen MR) is 130 cm³/mol. The first-order valence-corrected chi connectivity index (χ1v) is 10.4. The predicted octanol–water partition coefficient (Wildman–Crippen LogP) is 2.64. The van der Waals surface area contributed by atoms with Gasteiger partial charge in [0, 0.05) is 43.3 Å². The molecular weight excluding hydrogens is 499 g/mol. The Labute approximate surface area is 193 Å². The van der Waals surface area contributed by atoms with E-state index in [9.17, 15) is 4.79 Å². The van der Waals surface area contributed by atoms with Gasteiger partial charge in [0.1, 0.15) is 5.82 Å². The number of aromatic nitrogens is 1. The topological polar surface area (TPSA) is 95.6 Å². The number of amides is 1. The lowest BCUT2D eigenvalue weighted by Gasteiger charge is -2.33. The Morgan fingerprint density at radius 3 is 2.86 bits per heavy atom. The first-order chi connectivity index (χ1) is 13.6. The van der Waals surface area contributed by atoms with Crippen molar-refractivity contribution in [2.24, 2.45) is 16.6 Å². The molecule has 1 aliphatic heterocycles. The Hall–Kier alpha value is -1.88. The summed E-state index contributed by atoms with van der Waals surface area (Å²) in [5, 5.41) is 8.82. The molecular formula is C20H29IN6OS. The molecule has 1 atom stereocenters. The zero-order valence-electron chi connectivity index (χ0n) is 16.9. The van der Waals surface area contributed by atoms with Gasteiger partial charge in [-0.25, -0.2) is 4.98 Å². The molecule has 0 aromatic carbocycles. The summed E-state index contributed by atoms with van der Waals surface area (Å²) < 4.78 is 0. The van der Waals surface area contributed by atoms with Gasteiger partial charge < -0.3 is 21.3 Å². The van der Waals surface area contributed by atoms with Crippen LogP contribution in [0.25, 0.3) is 0 Å². The molecule has 1 amide bonds. The summed E-state index contributed by atoms with van der Waals surface area (Å²) in [5.41, 5.74) is 7.89. The highest BCUT2D eigenvalue weighted by Crippen LogP contribution is 2.24. The summed E-state index contributed by atoms with van der Waals surface area (Å²) in [4.78, 5) is 24.0. The van der Waals surface area contributed by atoms with Crippen molar-refractivity contribution in [1.82, 2.24) is 15.6 Å². The monoisotopic (exact) mass is 528 g/mol. The summed E-state index contributed by atoms with van der Waals surface area (Å²) in [6.45, 7) is 4.98. The lowest BCUT2D eigenvalue weighted by Crippen LogP contribution is -2.42. The lowest BCUT2D eigenvalue weighted by atomic mass is 9.97. The number of pyridine rings is 1. The molecule has 3 heterocycles. The molecule has 0 saturated carbocycles. The second kappa shape index (κ2) is 11.3. The van der Waals surface area contributed by atoms with Gasteiger partial charge in [-0.1, -0.05) is 6.07 Å². The maximum Gasteiger partial charge on any atom is 0.222 e. The molecule has 158 valence electrons. The molecule has 0 spiro atoms. The van der Waals surface area contributed by atoms with E-state index in [0.717, 1.165) is 43.3 Å². The van der Waals surface area contributed by atoms with Crippen LogP contribution in [0.2, 0.25) is 0 Å². The van der Waals surface area contributed by atoms with Crippen molar-refractivity contribution in [3.8, 4) is 0 Å². The van der Waals surface area contributed by atoms with Crippen LogP contribution in [-0.2, 0) is 17.9 Å². The smallest absolute Gasteiger partial charge is 0.222 e. The molecule has 1 aliphatic rings. The number of nitrogens with two attached hydrogens (primary N) is 1. The normalized spacial score (nSPS) is 16.8. The number of guanidine groups is 1. The van der Waals surface area contributed by atoms with Gasteiger partial charge in [0.05, 0.1) is 12.5 Å². The maximum atomic E-state index is 11.6. The minimum atomic E-state index is -0.228. The summed E-state index contributed by atoms with van der Waals surface area (Å²) in [5.74, 6) is 1.32. The van der Waals surface area contributed by atoms with Gasteiger partial charge >= 0.3 is 0 Å².